The molecule has 0 fully saturated rings. The molecule has 0 aliphatic rings. The number of nitrogens with zero attached hydrogens (tertiary/aromatic N) is 2. The van der Waals surface area contributed by atoms with Gasteiger partial charge in [0.05, 0.1) is 0 Å². The Bertz CT molecular complexity index is 877. The summed E-state index contributed by atoms with van der Waals surface area (Å²) < 4.78 is 5.74. The molecule has 1 aromatic heterocycles. The van der Waals surface area contributed by atoms with Crippen LogP contribution in [0.25, 0.3) is 0 Å². The van der Waals surface area contributed by atoms with E-state index in [1.54, 1.807) is 18.2 Å². The molecule has 0 radical (unpaired) electrons. The fourth-order valence-corrected chi connectivity index (χ4v) is 2.26. The Morgan fingerprint density at radius 3 is 2.28 bits per heavy atom. The Morgan fingerprint density at radius 1 is 1.00 bits per heavy atom. The second-order valence-corrected chi connectivity index (χ2v) is 5.78. The Hall–Kier alpha value is -3.05. The number of nitrogens with one attached hydrogen (secondary N) is 1. The fraction of sp³-hybridized carbons (Fsp3) is 0.0526. The topological polar surface area (TPSA) is 72.5 Å². The molecule has 3 N–H and O–H groups in total. The van der Waals surface area contributed by atoms with Crippen molar-refractivity contribution in [2.75, 3.05) is 5.32 Å². The van der Waals surface area contributed by atoms with E-state index in [1.165, 1.54) is 0 Å². The van der Waals surface area contributed by atoms with Crippen LogP contribution in [-0.4, -0.2) is 10.9 Å². The Labute approximate surface area is 151 Å². The van der Waals surface area contributed by atoms with E-state index in [9.17, 15) is 0 Å². The fourth-order valence-electron chi connectivity index (χ4n) is 2.14. The summed E-state index contributed by atoms with van der Waals surface area (Å²) in [6, 6.07) is 20.2. The van der Waals surface area contributed by atoms with Gasteiger partial charge in [0.25, 0.3) is 0 Å². The van der Waals surface area contributed by atoms with Gasteiger partial charge in [-0.1, -0.05) is 17.7 Å². The van der Waals surface area contributed by atoms with Gasteiger partial charge in [-0.15, -0.1) is 0 Å². The molecule has 3 aromatic rings. The monoisotopic (exact) mass is 352 g/mol. The van der Waals surface area contributed by atoms with E-state index in [1.807, 2.05) is 55.5 Å². The second kappa shape index (κ2) is 7.68. The molecule has 0 aliphatic carbocycles. The molecule has 0 aliphatic heterocycles. The van der Waals surface area contributed by atoms with Crippen LogP contribution in [0.3, 0.4) is 0 Å². The van der Waals surface area contributed by atoms with Gasteiger partial charge in [-0.05, 0) is 67.6 Å². The third-order valence-corrected chi connectivity index (χ3v) is 3.54. The number of guanidine groups is 1. The molecule has 5 nitrogen and oxygen atoms in total. The maximum atomic E-state index is 5.92. The van der Waals surface area contributed by atoms with E-state index in [2.05, 4.69) is 15.3 Å². The minimum atomic E-state index is 0.268. The molecule has 0 spiro atoms. The van der Waals surface area contributed by atoms with Crippen molar-refractivity contribution in [1.82, 2.24) is 4.98 Å². The number of pyridine rings is 1. The summed E-state index contributed by atoms with van der Waals surface area (Å²) in [5, 5.41) is 3.69. The molecule has 0 bridgehead atoms. The van der Waals surface area contributed by atoms with Crippen LogP contribution in [-0.2, 0) is 0 Å². The first kappa shape index (κ1) is 16.8. The number of aromatic nitrogens is 1. The molecule has 2 aromatic carbocycles. The van der Waals surface area contributed by atoms with Crippen molar-refractivity contribution < 1.29 is 4.74 Å². The van der Waals surface area contributed by atoms with Gasteiger partial charge in [0.1, 0.15) is 11.5 Å². The number of ether oxygens (including phenoxy) is 1. The molecule has 0 amide bonds. The number of rotatable bonds is 4. The Kier molecular flexibility index (Phi) is 5.16. The summed E-state index contributed by atoms with van der Waals surface area (Å²) in [6.45, 7) is 1.90. The van der Waals surface area contributed by atoms with E-state index < -0.39 is 0 Å². The van der Waals surface area contributed by atoms with Crippen molar-refractivity contribution in [3.63, 3.8) is 0 Å². The number of aliphatic imine (C=N–C) groups is 1. The summed E-state index contributed by atoms with van der Waals surface area (Å²) in [5.41, 5.74) is 7.61. The average Bonchev–Trinajstić information content (AvgIpc) is 2.59. The van der Waals surface area contributed by atoms with Gasteiger partial charge in [0, 0.05) is 16.4 Å². The van der Waals surface area contributed by atoms with Crippen LogP contribution in [0.5, 0.6) is 11.5 Å². The molecule has 0 saturated heterocycles. The van der Waals surface area contributed by atoms with Gasteiger partial charge < -0.3 is 15.8 Å². The van der Waals surface area contributed by atoms with Crippen molar-refractivity contribution >= 4 is 29.1 Å². The lowest BCUT2D eigenvalue weighted by molar-refractivity contribution is 0.483. The summed E-state index contributed by atoms with van der Waals surface area (Å²) in [5.74, 6) is 2.26. The average molecular weight is 353 g/mol. The number of halogens is 1. The van der Waals surface area contributed by atoms with E-state index in [-0.39, 0.29) is 5.96 Å². The van der Waals surface area contributed by atoms with Crippen LogP contribution in [0, 0.1) is 6.92 Å². The zero-order valence-corrected chi connectivity index (χ0v) is 14.4. The minimum Gasteiger partial charge on any atom is -0.457 e. The van der Waals surface area contributed by atoms with Crippen LogP contribution in [0.1, 0.15) is 5.69 Å². The highest BCUT2D eigenvalue weighted by Gasteiger charge is 2.00. The van der Waals surface area contributed by atoms with Crippen molar-refractivity contribution in [3.8, 4) is 11.5 Å². The summed E-state index contributed by atoms with van der Waals surface area (Å²) in [6.07, 6.45) is 0. The smallest absolute Gasteiger partial charge is 0.199 e. The first-order chi connectivity index (χ1) is 12.1. The lowest BCUT2D eigenvalue weighted by Gasteiger charge is -2.08. The van der Waals surface area contributed by atoms with Crippen LogP contribution in [0.4, 0.5) is 11.5 Å². The SMILES string of the molecule is Cc1cccc(/N=C(\N)Nc2ccc(Oc3ccc(Cl)cc3)cc2)n1. The van der Waals surface area contributed by atoms with Crippen LogP contribution >= 0.6 is 11.6 Å². The minimum absolute atomic E-state index is 0.268. The predicted molar refractivity (Wildman–Crippen MR) is 102 cm³/mol. The van der Waals surface area contributed by atoms with Gasteiger partial charge in [0.15, 0.2) is 11.8 Å². The second-order valence-electron chi connectivity index (χ2n) is 5.34. The van der Waals surface area contributed by atoms with Gasteiger partial charge >= 0.3 is 0 Å². The number of hydrogen-bond acceptors (Lipinski definition) is 3. The highest BCUT2D eigenvalue weighted by Crippen LogP contribution is 2.24. The molecule has 3 rings (SSSR count). The third-order valence-electron chi connectivity index (χ3n) is 3.28. The number of hydrogen-bond donors (Lipinski definition) is 2. The lowest BCUT2D eigenvalue weighted by atomic mass is 10.3. The largest absolute Gasteiger partial charge is 0.457 e. The van der Waals surface area contributed by atoms with Crippen molar-refractivity contribution in [1.29, 1.82) is 0 Å². The summed E-state index contributed by atoms with van der Waals surface area (Å²) >= 11 is 5.86. The predicted octanol–water partition coefficient (Wildman–Crippen LogP) is 4.89. The van der Waals surface area contributed by atoms with E-state index in [0.29, 0.717) is 16.6 Å². The zero-order chi connectivity index (χ0) is 17.6. The van der Waals surface area contributed by atoms with Gasteiger partial charge in [0.2, 0.25) is 0 Å². The van der Waals surface area contributed by atoms with E-state index >= 15 is 0 Å². The quantitative estimate of drug-likeness (QED) is 0.517. The molecular formula is C19H17ClN4O. The molecule has 0 unspecified atom stereocenters. The molecule has 25 heavy (non-hydrogen) atoms. The first-order valence-electron chi connectivity index (χ1n) is 7.67. The highest BCUT2D eigenvalue weighted by molar-refractivity contribution is 6.30. The maximum Gasteiger partial charge on any atom is 0.199 e. The number of anilines is 1. The number of aryl methyl sites for hydroxylation is 1. The lowest BCUT2D eigenvalue weighted by Crippen LogP contribution is -2.21. The van der Waals surface area contributed by atoms with E-state index in [4.69, 9.17) is 22.1 Å². The molecule has 6 heteroatoms. The van der Waals surface area contributed by atoms with E-state index in [0.717, 1.165) is 17.1 Å². The normalized spacial score (nSPS) is 11.2. The summed E-state index contributed by atoms with van der Waals surface area (Å²) in [4.78, 5) is 8.53. The molecule has 126 valence electrons. The van der Waals surface area contributed by atoms with Crippen LogP contribution in [0.2, 0.25) is 5.02 Å². The van der Waals surface area contributed by atoms with Crippen LogP contribution < -0.4 is 15.8 Å². The van der Waals surface area contributed by atoms with Gasteiger partial charge in [-0.2, -0.15) is 4.99 Å². The maximum absolute atomic E-state index is 5.92. The Balaban J connectivity index is 1.65. The number of benzene rings is 2. The van der Waals surface area contributed by atoms with Crippen molar-refractivity contribution in [2.24, 2.45) is 10.7 Å². The summed E-state index contributed by atoms with van der Waals surface area (Å²) in [7, 11) is 0. The zero-order valence-electron chi connectivity index (χ0n) is 13.6. The van der Waals surface area contributed by atoms with Gasteiger partial charge in [-0.3, -0.25) is 0 Å². The molecular weight excluding hydrogens is 336 g/mol. The molecule has 1 heterocycles. The third kappa shape index (κ3) is 4.96. The van der Waals surface area contributed by atoms with Gasteiger partial charge in [-0.25, -0.2) is 4.98 Å². The highest BCUT2D eigenvalue weighted by atomic mass is 35.5. The standard InChI is InChI=1S/C19H17ClN4O/c1-13-3-2-4-18(22-13)24-19(21)23-15-7-11-17(12-8-15)25-16-9-5-14(20)6-10-16/h2-12H,1H3,(H3,21,22,23,24). The van der Waals surface area contributed by atoms with Crippen molar-refractivity contribution in [2.45, 2.75) is 6.92 Å². The number of nitrogens with two attached hydrogens (primary N) is 1. The first-order valence-corrected chi connectivity index (χ1v) is 8.05. The molecule has 0 atom stereocenters. The molecule has 0 saturated carbocycles. The Morgan fingerprint density at radius 2 is 1.64 bits per heavy atom. The van der Waals surface area contributed by atoms with Crippen LogP contribution in [0.15, 0.2) is 71.7 Å². The van der Waals surface area contributed by atoms with Crippen molar-refractivity contribution in [3.05, 3.63) is 77.4 Å².